The maximum absolute atomic E-state index is 12.8. The number of amides is 2. The summed E-state index contributed by atoms with van der Waals surface area (Å²) in [6, 6.07) is 7.39. The van der Waals surface area contributed by atoms with E-state index in [-0.39, 0.29) is 18.4 Å². The van der Waals surface area contributed by atoms with Gasteiger partial charge in [0.25, 0.3) is 5.91 Å². The molecule has 1 atom stereocenters. The molecule has 3 rings (SSSR count). The molecule has 0 aliphatic carbocycles. The van der Waals surface area contributed by atoms with Gasteiger partial charge in [-0.2, -0.15) is 0 Å². The number of thiazole rings is 1. The average Bonchev–Trinajstić information content (AvgIpc) is 3.09. The molecule has 1 aromatic heterocycles. The number of benzene rings is 1. The molecule has 0 bridgehead atoms. The molecule has 0 saturated heterocycles. The number of anilines is 1. The van der Waals surface area contributed by atoms with E-state index >= 15 is 0 Å². The van der Waals surface area contributed by atoms with Gasteiger partial charge in [-0.3, -0.25) is 9.59 Å². The fraction of sp³-hybridized carbons (Fsp3) is 0.389. The third kappa shape index (κ3) is 3.11. The molecule has 0 radical (unpaired) electrons. The molecule has 0 unspecified atom stereocenters. The first-order valence-electron chi connectivity index (χ1n) is 8.22. The summed E-state index contributed by atoms with van der Waals surface area (Å²) in [6.45, 7) is 4.34. The number of carbonyl (C=O) groups is 2. The standard InChI is InChI=1S/C18H22N4O2S/c1-11(2)16-20-13(10-25-16)17-21(4)18(24)12-7-5-6-8-14(12)22(17)9-15(23)19-3/h5-8,10-11,17H,9H2,1-4H3,(H,19,23)/t17-/m0/s1. The Morgan fingerprint density at radius 2 is 2.08 bits per heavy atom. The van der Waals surface area contributed by atoms with Crippen LogP contribution in [0.25, 0.3) is 0 Å². The monoisotopic (exact) mass is 358 g/mol. The van der Waals surface area contributed by atoms with Gasteiger partial charge in [-0.15, -0.1) is 11.3 Å². The van der Waals surface area contributed by atoms with Gasteiger partial charge in [0, 0.05) is 25.4 Å². The van der Waals surface area contributed by atoms with E-state index in [9.17, 15) is 9.59 Å². The van der Waals surface area contributed by atoms with Crippen LogP contribution in [0.3, 0.4) is 0 Å². The maximum Gasteiger partial charge on any atom is 0.257 e. The fourth-order valence-electron chi connectivity index (χ4n) is 2.99. The zero-order valence-electron chi connectivity index (χ0n) is 14.8. The predicted octanol–water partition coefficient (Wildman–Crippen LogP) is 2.60. The van der Waals surface area contributed by atoms with Crippen LogP contribution in [0.15, 0.2) is 29.6 Å². The lowest BCUT2D eigenvalue weighted by Gasteiger charge is -2.42. The number of nitrogens with zero attached hydrogens (tertiary/aromatic N) is 3. The van der Waals surface area contributed by atoms with Crippen LogP contribution in [0.5, 0.6) is 0 Å². The van der Waals surface area contributed by atoms with Crippen molar-refractivity contribution >= 4 is 28.8 Å². The van der Waals surface area contributed by atoms with E-state index < -0.39 is 6.17 Å². The van der Waals surface area contributed by atoms with Crippen LogP contribution in [-0.4, -0.2) is 42.3 Å². The molecule has 1 aliphatic rings. The zero-order chi connectivity index (χ0) is 18.1. The number of hydrogen-bond donors (Lipinski definition) is 1. The largest absolute Gasteiger partial charge is 0.358 e. The van der Waals surface area contributed by atoms with Crippen LogP contribution in [-0.2, 0) is 4.79 Å². The van der Waals surface area contributed by atoms with Gasteiger partial charge in [0.15, 0.2) is 0 Å². The van der Waals surface area contributed by atoms with Crippen molar-refractivity contribution in [2.45, 2.75) is 25.9 Å². The normalized spacial score (nSPS) is 17.0. The Labute approximate surface area is 151 Å². The highest BCUT2D eigenvalue weighted by Crippen LogP contribution is 2.38. The summed E-state index contributed by atoms with van der Waals surface area (Å²) >= 11 is 1.59. The Hall–Kier alpha value is -2.41. The van der Waals surface area contributed by atoms with Crippen LogP contribution in [0.1, 0.15) is 47.0 Å². The number of carbonyl (C=O) groups excluding carboxylic acids is 2. The summed E-state index contributed by atoms with van der Waals surface area (Å²) in [6.07, 6.45) is -0.400. The quantitative estimate of drug-likeness (QED) is 0.912. The molecule has 1 aromatic carbocycles. The lowest BCUT2D eigenvalue weighted by atomic mass is 10.0. The highest BCUT2D eigenvalue weighted by Gasteiger charge is 2.38. The number of hydrogen-bond acceptors (Lipinski definition) is 5. The minimum atomic E-state index is -0.400. The number of likely N-dealkylation sites (N-methyl/N-ethyl adjacent to an activating group) is 1. The molecule has 2 aromatic rings. The van der Waals surface area contributed by atoms with Crippen molar-refractivity contribution in [1.29, 1.82) is 0 Å². The Morgan fingerprint density at radius 1 is 1.36 bits per heavy atom. The van der Waals surface area contributed by atoms with E-state index in [1.54, 1.807) is 36.4 Å². The summed E-state index contributed by atoms with van der Waals surface area (Å²) in [5.74, 6) is 0.151. The molecule has 7 heteroatoms. The highest BCUT2D eigenvalue weighted by atomic mass is 32.1. The summed E-state index contributed by atoms with van der Waals surface area (Å²) < 4.78 is 0. The van der Waals surface area contributed by atoms with Gasteiger partial charge in [0.1, 0.15) is 6.17 Å². The summed E-state index contributed by atoms with van der Waals surface area (Å²) in [4.78, 5) is 33.2. The molecule has 2 heterocycles. The summed E-state index contributed by atoms with van der Waals surface area (Å²) in [7, 11) is 3.37. The van der Waals surface area contributed by atoms with Gasteiger partial charge < -0.3 is 15.1 Å². The van der Waals surface area contributed by atoms with Crippen LogP contribution in [0.4, 0.5) is 5.69 Å². The lowest BCUT2D eigenvalue weighted by Crippen LogP contribution is -2.50. The van der Waals surface area contributed by atoms with Crippen molar-refractivity contribution in [2.24, 2.45) is 0 Å². The molecular formula is C18H22N4O2S. The Kier molecular flexibility index (Phi) is 4.76. The number of para-hydroxylation sites is 1. The average molecular weight is 358 g/mol. The summed E-state index contributed by atoms with van der Waals surface area (Å²) in [5.41, 5.74) is 2.16. The van der Waals surface area contributed by atoms with Crippen molar-refractivity contribution in [2.75, 3.05) is 25.5 Å². The third-order valence-corrected chi connectivity index (χ3v) is 5.48. The fourth-order valence-corrected chi connectivity index (χ4v) is 3.84. The number of rotatable bonds is 4. The highest BCUT2D eigenvalue weighted by molar-refractivity contribution is 7.09. The molecule has 25 heavy (non-hydrogen) atoms. The van der Waals surface area contributed by atoms with Gasteiger partial charge in [-0.1, -0.05) is 26.0 Å². The Bertz CT molecular complexity index is 802. The Balaban J connectivity index is 2.09. The molecular weight excluding hydrogens is 336 g/mol. The third-order valence-electron chi connectivity index (χ3n) is 4.32. The van der Waals surface area contributed by atoms with E-state index in [1.165, 1.54) is 0 Å². The number of fused-ring (bicyclic) bond motifs is 1. The smallest absolute Gasteiger partial charge is 0.257 e. The van der Waals surface area contributed by atoms with Crippen molar-refractivity contribution in [3.63, 3.8) is 0 Å². The first-order chi connectivity index (χ1) is 11.9. The minimum absolute atomic E-state index is 0.0622. The molecule has 0 spiro atoms. The van der Waals surface area contributed by atoms with E-state index in [1.807, 2.05) is 28.5 Å². The molecule has 0 fully saturated rings. The van der Waals surface area contributed by atoms with Gasteiger partial charge in [0.05, 0.1) is 28.5 Å². The first kappa shape index (κ1) is 17.4. The van der Waals surface area contributed by atoms with Gasteiger partial charge in [-0.05, 0) is 12.1 Å². The zero-order valence-corrected chi connectivity index (χ0v) is 15.6. The summed E-state index contributed by atoms with van der Waals surface area (Å²) in [5, 5.41) is 5.67. The maximum atomic E-state index is 12.8. The second-order valence-electron chi connectivity index (χ2n) is 6.37. The first-order valence-corrected chi connectivity index (χ1v) is 9.10. The molecule has 132 valence electrons. The SMILES string of the molecule is CNC(=O)CN1c2ccccc2C(=O)N(C)[C@@H]1c1csc(C(C)C)n1. The van der Waals surface area contributed by atoms with Crippen molar-refractivity contribution in [3.05, 3.63) is 45.9 Å². The number of nitrogens with one attached hydrogen (secondary N) is 1. The number of aromatic nitrogens is 1. The molecule has 1 aliphatic heterocycles. The van der Waals surface area contributed by atoms with E-state index in [4.69, 9.17) is 4.98 Å². The Morgan fingerprint density at radius 3 is 2.72 bits per heavy atom. The van der Waals surface area contributed by atoms with Crippen LogP contribution in [0, 0.1) is 0 Å². The van der Waals surface area contributed by atoms with Crippen molar-refractivity contribution in [3.8, 4) is 0 Å². The molecule has 1 N–H and O–H groups in total. The van der Waals surface area contributed by atoms with Crippen LogP contribution in [0.2, 0.25) is 0 Å². The van der Waals surface area contributed by atoms with Crippen LogP contribution < -0.4 is 10.2 Å². The van der Waals surface area contributed by atoms with Gasteiger partial charge in [-0.25, -0.2) is 4.98 Å². The minimum Gasteiger partial charge on any atom is -0.358 e. The van der Waals surface area contributed by atoms with E-state index in [2.05, 4.69) is 19.2 Å². The van der Waals surface area contributed by atoms with Crippen molar-refractivity contribution in [1.82, 2.24) is 15.2 Å². The van der Waals surface area contributed by atoms with Crippen LogP contribution >= 0.6 is 11.3 Å². The van der Waals surface area contributed by atoms with Gasteiger partial charge >= 0.3 is 0 Å². The topological polar surface area (TPSA) is 65.5 Å². The molecule has 2 amide bonds. The van der Waals surface area contributed by atoms with Gasteiger partial charge in [0.2, 0.25) is 5.91 Å². The van der Waals surface area contributed by atoms with E-state index in [0.29, 0.717) is 11.5 Å². The molecule has 6 nitrogen and oxygen atoms in total. The van der Waals surface area contributed by atoms with Crippen molar-refractivity contribution < 1.29 is 9.59 Å². The predicted molar refractivity (Wildman–Crippen MR) is 98.9 cm³/mol. The van der Waals surface area contributed by atoms with E-state index in [0.717, 1.165) is 16.4 Å². The second-order valence-corrected chi connectivity index (χ2v) is 7.26. The lowest BCUT2D eigenvalue weighted by molar-refractivity contribution is -0.119. The molecule has 0 saturated carbocycles. The second kappa shape index (κ2) is 6.84.